The standard InChI is InChI=1S/C23H29N/c1-6-22(24(5)18-11-7-10-17-23(2,3)4)21-16-12-14-19-13-8-9-15-20(19)21/h7-9,11-16,22H,6,18H2,1-5H3/b11-7+/t22-/m1/s1. The molecule has 0 amide bonds. The first-order valence-electron chi connectivity index (χ1n) is 8.78. The van der Waals surface area contributed by atoms with Crippen LogP contribution in [0.25, 0.3) is 10.8 Å². The molecule has 0 aliphatic heterocycles. The van der Waals surface area contributed by atoms with Crippen LogP contribution in [0.3, 0.4) is 0 Å². The molecule has 0 aliphatic rings. The Morgan fingerprint density at radius 3 is 2.50 bits per heavy atom. The van der Waals surface area contributed by atoms with Crippen LogP contribution in [-0.2, 0) is 0 Å². The lowest BCUT2D eigenvalue weighted by molar-refractivity contribution is 0.265. The summed E-state index contributed by atoms with van der Waals surface area (Å²) in [5, 5.41) is 2.67. The van der Waals surface area contributed by atoms with Crippen LogP contribution >= 0.6 is 0 Å². The van der Waals surface area contributed by atoms with E-state index in [0.29, 0.717) is 6.04 Å². The summed E-state index contributed by atoms with van der Waals surface area (Å²) in [4.78, 5) is 2.40. The monoisotopic (exact) mass is 319 g/mol. The van der Waals surface area contributed by atoms with Gasteiger partial charge in [-0.15, -0.1) is 0 Å². The van der Waals surface area contributed by atoms with Crippen LogP contribution in [0.15, 0.2) is 54.6 Å². The van der Waals surface area contributed by atoms with Gasteiger partial charge in [-0.2, -0.15) is 0 Å². The highest BCUT2D eigenvalue weighted by Gasteiger charge is 2.16. The second-order valence-electron chi connectivity index (χ2n) is 7.35. The van der Waals surface area contributed by atoms with Crippen molar-refractivity contribution in [3.63, 3.8) is 0 Å². The zero-order chi connectivity index (χ0) is 17.6. The van der Waals surface area contributed by atoms with E-state index in [9.17, 15) is 0 Å². The van der Waals surface area contributed by atoms with Crippen LogP contribution < -0.4 is 0 Å². The summed E-state index contributed by atoms with van der Waals surface area (Å²) in [6, 6.07) is 15.7. The quantitative estimate of drug-likeness (QED) is 0.627. The molecule has 126 valence electrons. The average molecular weight is 319 g/mol. The average Bonchev–Trinajstić information content (AvgIpc) is 2.54. The van der Waals surface area contributed by atoms with Gasteiger partial charge in [0.15, 0.2) is 0 Å². The van der Waals surface area contributed by atoms with Gasteiger partial charge in [0.2, 0.25) is 0 Å². The van der Waals surface area contributed by atoms with E-state index in [4.69, 9.17) is 0 Å². The van der Waals surface area contributed by atoms with Crippen molar-refractivity contribution < 1.29 is 0 Å². The molecule has 1 nitrogen and oxygen atoms in total. The number of hydrogen-bond acceptors (Lipinski definition) is 1. The minimum atomic E-state index is 0.0607. The molecule has 0 fully saturated rings. The molecule has 0 heterocycles. The van der Waals surface area contributed by atoms with E-state index in [-0.39, 0.29) is 5.41 Å². The first-order valence-corrected chi connectivity index (χ1v) is 8.78. The SMILES string of the molecule is CC[C@H](c1cccc2ccccc12)N(C)C/C=C/C#CC(C)(C)C. The van der Waals surface area contributed by atoms with Gasteiger partial charge in [-0.1, -0.05) is 67.3 Å². The number of rotatable bonds is 5. The molecule has 1 heteroatoms. The number of benzene rings is 2. The van der Waals surface area contributed by atoms with E-state index in [1.54, 1.807) is 0 Å². The summed E-state index contributed by atoms with van der Waals surface area (Å²) in [5.41, 5.74) is 1.47. The Kier molecular flexibility index (Phi) is 6.23. The normalized spacial score (nSPS) is 13.2. The third kappa shape index (κ3) is 4.98. The lowest BCUT2D eigenvalue weighted by Gasteiger charge is -2.27. The van der Waals surface area contributed by atoms with E-state index >= 15 is 0 Å². The number of likely N-dealkylation sites (N-methyl/N-ethyl adjacent to an activating group) is 1. The van der Waals surface area contributed by atoms with Gasteiger partial charge in [0.1, 0.15) is 0 Å². The van der Waals surface area contributed by atoms with E-state index < -0.39 is 0 Å². The minimum Gasteiger partial charge on any atom is -0.296 e. The molecule has 0 unspecified atom stereocenters. The highest BCUT2D eigenvalue weighted by molar-refractivity contribution is 5.86. The molecular formula is C23H29N. The van der Waals surface area contributed by atoms with Crippen LogP contribution in [0.1, 0.15) is 45.7 Å². The molecule has 0 bridgehead atoms. The van der Waals surface area contributed by atoms with Crippen molar-refractivity contribution in [1.29, 1.82) is 0 Å². The van der Waals surface area contributed by atoms with Gasteiger partial charge in [0.25, 0.3) is 0 Å². The third-order valence-corrected chi connectivity index (χ3v) is 4.14. The molecule has 0 radical (unpaired) electrons. The van der Waals surface area contributed by atoms with Crippen LogP contribution in [0.2, 0.25) is 0 Å². The van der Waals surface area contributed by atoms with Gasteiger partial charge in [0.05, 0.1) is 0 Å². The van der Waals surface area contributed by atoms with Crippen molar-refractivity contribution in [1.82, 2.24) is 4.90 Å². The first-order chi connectivity index (χ1) is 11.4. The third-order valence-electron chi connectivity index (χ3n) is 4.14. The summed E-state index contributed by atoms with van der Waals surface area (Å²) in [6.07, 6.45) is 5.23. The summed E-state index contributed by atoms with van der Waals surface area (Å²) in [5.74, 6) is 6.39. The van der Waals surface area contributed by atoms with Crippen molar-refractivity contribution in [2.24, 2.45) is 5.41 Å². The number of hydrogen-bond donors (Lipinski definition) is 0. The molecule has 0 spiro atoms. The fourth-order valence-corrected chi connectivity index (χ4v) is 2.97. The fourth-order valence-electron chi connectivity index (χ4n) is 2.97. The molecule has 0 aromatic heterocycles. The Labute approximate surface area is 147 Å². The lowest BCUT2D eigenvalue weighted by Crippen LogP contribution is -2.24. The predicted octanol–water partition coefficient (Wildman–Crippen LogP) is 5.83. The maximum atomic E-state index is 3.24. The smallest absolute Gasteiger partial charge is 0.0351 e. The highest BCUT2D eigenvalue weighted by atomic mass is 15.1. The Morgan fingerprint density at radius 2 is 1.79 bits per heavy atom. The van der Waals surface area contributed by atoms with Gasteiger partial charge >= 0.3 is 0 Å². The molecule has 2 rings (SSSR count). The highest BCUT2D eigenvalue weighted by Crippen LogP contribution is 2.29. The first kappa shape index (κ1) is 18.3. The van der Waals surface area contributed by atoms with Gasteiger partial charge in [0, 0.05) is 18.0 Å². The lowest BCUT2D eigenvalue weighted by atomic mass is 9.96. The van der Waals surface area contributed by atoms with Gasteiger partial charge in [-0.3, -0.25) is 4.90 Å². The van der Waals surface area contributed by atoms with Gasteiger partial charge < -0.3 is 0 Å². The van der Waals surface area contributed by atoms with Crippen LogP contribution in [0.5, 0.6) is 0 Å². The summed E-state index contributed by atoms with van der Waals surface area (Å²) in [6.45, 7) is 9.56. The summed E-state index contributed by atoms with van der Waals surface area (Å²) in [7, 11) is 2.19. The fraction of sp³-hybridized carbons (Fsp3) is 0.391. The van der Waals surface area contributed by atoms with Crippen LogP contribution in [-0.4, -0.2) is 18.5 Å². The molecule has 0 N–H and O–H groups in total. The number of fused-ring (bicyclic) bond motifs is 1. The Balaban J connectivity index is 2.15. The molecule has 0 aliphatic carbocycles. The molecule has 2 aromatic rings. The molecule has 2 aromatic carbocycles. The van der Waals surface area contributed by atoms with E-state index in [1.807, 2.05) is 6.08 Å². The molecule has 24 heavy (non-hydrogen) atoms. The topological polar surface area (TPSA) is 3.24 Å². The van der Waals surface area contributed by atoms with E-state index in [2.05, 4.69) is 100 Å². The Hall–Kier alpha value is -2.04. The largest absolute Gasteiger partial charge is 0.296 e. The van der Waals surface area contributed by atoms with E-state index in [1.165, 1.54) is 16.3 Å². The Bertz CT molecular complexity index is 747. The number of nitrogens with zero attached hydrogens (tertiary/aromatic N) is 1. The molecule has 0 saturated heterocycles. The van der Waals surface area contributed by atoms with Crippen LogP contribution in [0, 0.1) is 17.3 Å². The number of allylic oxidation sites excluding steroid dienone is 1. The van der Waals surface area contributed by atoms with Crippen molar-refractivity contribution >= 4 is 10.8 Å². The zero-order valence-corrected chi connectivity index (χ0v) is 15.6. The molecule has 1 atom stereocenters. The summed E-state index contributed by atoms with van der Waals surface area (Å²) < 4.78 is 0. The zero-order valence-electron chi connectivity index (χ0n) is 15.6. The van der Waals surface area contributed by atoms with Crippen molar-refractivity contribution in [2.45, 2.75) is 40.2 Å². The van der Waals surface area contributed by atoms with E-state index in [0.717, 1.165) is 13.0 Å². The second-order valence-corrected chi connectivity index (χ2v) is 7.35. The van der Waals surface area contributed by atoms with Gasteiger partial charge in [-0.05, 0) is 56.7 Å². The maximum Gasteiger partial charge on any atom is 0.0351 e. The minimum absolute atomic E-state index is 0.0607. The molecular weight excluding hydrogens is 290 g/mol. The predicted molar refractivity (Wildman–Crippen MR) is 106 cm³/mol. The Morgan fingerprint density at radius 1 is 1.08 bits per heavy atom. The van der Waals surface area contributed by atoms with Crippen molar-refractivity contribution in [2.75, 3.05) is 13.6 Å². The van der Waals surface area contributed by atoms with Crippen molar-refractivity contribution in [3.05, 3.63) is 60.2 Å². The maximum absolute atomic E-state index is 3.24. The van der Waals surface area contributed by atoms with Gasteiger partial charge in [-0.25, -0.2) is 0 Å². The summed E-state index contributed by atoms with van der Waals surface area (Å²) >= 11 is 0. The van der Waals surface area contributed by atoms with Crippen LogP contribution in [0.4, 0.5) is 0 Å². The molecule has 0 saturated carbocycles. The second kappa shape index (κ2) is 8.18. The van der Waals surface area contributed by atoms with Crippen molar-refractivity contribution in [3.8, 4) is 11.8 Å².